The Bertz CT molecular complexity index is 752. The molecular weight excluding hydrogens is 306 g/mol. The van der Waals surface area contributed by atoms with Gasteiger partial charge in [0.15, 0.2) is 0 Å². The van der Waals surface area contributed by atoms with Crippen LogP contribution in [0.5, 0.6) is 5.75 Å². The molecule has 1 heterocycles. The Labute approximate surface area is 140 Å². The van der Waals surface area contributed by atoms with Crippen LogP contribution in [0.2, 0.25) is 0 Å². The predicted octanol–water partition coefficient (Wildman–Crippen LogP) is 4.30. The standard InChI is InChI=1S/C19H19NO4/c1-3-22-19-10-13(2)17-9-8-16(11-18(17)24-19)23-15-6-4-14(5-7-15)20-12-21/h4-8,11,19H,3,9-10H2,1-2H3. The molecule has 0 N–H and O–H groups in total. The molecule has 0 radical (unpaired) electrons. The first-order chi connectivity index (χ1) is 11.7. The van der Waals surface area contributed by atoms with Crippen molar-refractivity contribution in [2.45, 2.75) is 33.0 Å². The van der Waals surface area contributed by atoms with E-state index in [1.807, 2.05) is 19.1 Å². The van der Waals surface area contributed by atoms with Crippen LogP contribution in [0.4, 0.5) is 5.69 Å². The lowest BCUT2D eigenvalue weighted by molar-refractivity contribution is -0.114. The van der Waals surface area contributed by atoms with E-state index in [4.69, 9.17) is 14.2 Å². The van der Waals surface area contributed by atoms with Crippen molar-refractivity contribution in [3.8, 4) is 5.75 Å². The number of benzene rings is 1. The van der Waals surface area contributed by atoms with Gasteiger partial charge in [-0.3, -0.25) is 0 Å². The average molecular weight is 325 g/mol. The van der Waals surface area contributed by atoms with Gasteiger partial charge in [-0.25, -0.2) is 4.79 Å². The number of ether oxygens (including phenoxy) is 3. The number of fused-ring (bicyclic) bond motifs is 1. The topological polar surface area (TPSA) is 57.1 Å². The highest BCUT2D eigenvalue weighted by Gasteiger charge is 2.26. The Morgan fingerprint density at radius 3 is 2.83 bits per heavy atom. The van der Waals surface area contributed by atoms with Crippen LogP contribution in [0.3, 0.4) is 0 Å². The summed E-state index contributed by atoms with van der Waals surface area (Å²) < 4.78 is 17.4. The number of rotatable bonds is 5. The van der Waals surface area contributed by atoms with Gasteiger partial charge < -0.3 is 14.2 Å². The molecule has 0 bridgehead atoms. The van der Waals surface area contributed by atoms with E-state index in [1.165, 1.54) is 17.2 Å². The molecule has 0 amide bonds. The van der Waals surface area contributed by atoms with Crippen LogP contribution in [0.1, 0.15) is 26.7 Å². The van der Waals surface area contributed by atoms with Crippen molar-refractivity contribution in [3.05, 3.63) is 59.1 Å². The first-order valence-electron chi connectivity index (χ1n) is 7.94. The van der Waals surface area contributed by atoms with E-state index in [0.29, 0.717) is 18.0 Å². The molecule has 1 unspecified atom stereocenters. The van der Waals surface area contributed by atoms with Crippen molar-refractivity contribution in [1.29, 1.82) is 0 Å². The van der Waals surface area contributed by atoms with Crippen LogP contribution in [0.15, 0.2) is 64.1 Å². The number of carbonyl (C=O) groups excluding carboxylic acids is 1. The monoisotopic (exact) mass is 325 g/mol. The SMILES string of the molecule is CCOC1CC(C)=C2CC=C(Oc3ccc(N=C=O)cc3)C=C2O1. The Balaban J connectivity index is 1.74. The van der Waals surface area contributed by atoms with Crippen LogP contribution in [0, 0.1) is 0 Å². The maximum absolute atomic E-state index is 10.2. The fraction of sp³-hybridized carbons (Fsp3) is 0.316. The van der Waals surface area contributed by atoms with Gasteiger partial charge in [-0.05, 0) is 56.2 Å². The molecular formula is C19H19NO4. The van der Waals surface area contributed by atoms with Crippen molar-refractivity contribution in [2.24, 2.45) is 4.99 Å². The normalized spacial score (nSPS) is 19.5. The van der Waals surface area contributed by atoms with Crippen molar-refractivity contribution in [3.63, 3.8) is 0 Å². The summed E-state index contributed by atoms with van der Waals surface area (Å²) in [6, 6.07) is 6.93. The molecule has 0 spiro atoms. The van der Waals surface area contributed by atoms with Gasteiger partial charge in [-0.1, -0.05) is 5.57 Å². The molecule has 0 fully saturated rings. The van der Waals surface area contributed by atoms with Gasteiger partial charge in [-0.15, -0.1) is 0 Å². The van der Waals surface area contributed by atoms with Crippen LogP contribution in [-0.4, -0.2) is 19.0 Å². The Hall–Kier alpha value is -2.62. The molecule has 0 aromatic heterocycles. The van der Waals surface area contributed by atoms with Crippen molar-refractivity contribution in [1.82, 2.24) is 0 Å². The zero-order valence-corrected chi connectivity index (χ0v) is 13.7. The molecule has 1 atom stereocenters. The van der Waals surface area contributed by atoms with Gasteiger partial charge in [0.05, 0.1) is 5.69 Å². The molecule has 0 saturated carbocycles. The molecule has 0 saturated heterocycles. The highest BCUT2D eigenvalue weighted by Crippen LogP contribution is 2.35. The second kappa shape index (κ2) is 7.30. The molecule has 5 heteroatoms. The number of isocyanates is 1. The minimum Gasteiger partial charge on any atom is -0.464 e. The summed E-state index contributed by atoms with van der Waals surface area (Å²) in [6.07, 6.45) is 6.78. The van der Waals surface area contributed by atoms with Crippen LogP contribution < -0.4 is 4.74 Å². The Kier molecular flexibility index (Phi) is 4.94. The van der Waals surface area contributed by atoms with E-state index >= 15 is 0 Å². The molecule has 1 aromatic carbocycles. The summed E-state index contributed by atoms with van der Waals surface area (Å²) in [5.41, 5.74) is 3.04. The van der Waals surface area contributed by atoms with Crippen LogP contribution in [0.25, 0.3) is 0 Å². The largest absolute Gasteiger partial charge is 0.464 e. The van der Waals surface area contributed by atoms with Crippen molar-refractivity contribution >= 4 is 11.8 Å². The first kappa shape index (κ1) is 16.2. The number of allylic oxidation sites excluding steroid dienone is 3. The lowest BCUT2D eigenvalue weighted by atomic mass is 9.95. The molecule has 1 aliphatic carbocycles. The lowest BCUT2D eigenvalue weighted by Crippen LogP contribution is -2.24. The number of nitrogens with zero attached hydrogens (tertiary/aromatic N) is 1. The Morgan fingerprint density at radius 2 is 2.12 bits per heavy atom. The highest BCUT2D eigenvalue weighted by molar-refractivity contribution is 5.50. The first-order valence-corrected chi connectivity index (χ1v) is 7.94. The summed E-state index contributed by atoms with van der Waals surface area (Å²) >= 11 is 0. The van der Waals surface area contributed by atoms with E-state index in [2.05, 4.69) is 11.9 Å². The van der Waals surface area contributed by atoms with Crippen molar-refractivity contribution in [2.75, 3.05) is 6.61 Å². The highest BCUT2D eigenvalue weighted by atomic mass is 16.7. The summed E-state index contributed by atoms with van der Waals surface area (Å²) in [4.78, 5) is 13.8. The zero-order valence-electron chi connectivity index (χ0n) is 13.7. The zero-order chi connectivity index (χ0) is 16.9. The van der Waals surface area contributed by atoms with E-state index in [-0.39, 0.29) is 6.29 Å². The van der Waals surface area contributed by atoms with Gasteiger partial charge in [-0.2, -0.15) is 4.99 Å². The third-order valence-corrected chi connectivity index (χ3v) is 3.92. The predicted molar refractivity (Wildman–Crippen MR) is 89.5 cm³/mol. The van der Waals surface area contributed by atoms with Crippen LogP contribution >= 0.6 is 0 Å². The quantitative estimate of drug-likeness (QED) is 0.598. The third-order valence-electron chi connectivity index (χ3n) is 3.92. The number of hydrogen-bond donors (Lipinski definition) is 0. The molecule has 1 aromatic rings. The van der Waals surface area contributed by atoms with E-state index in [9.17, 15) is 4.79 Å². The molecule has 2 aliphatic rings. The molecule has 3 rings (SSSR count). The molecule has 5 nitrogen and oxygen atoms in total. The molecule has 1 aliphatic heterocycles. The molecule has 24 heavy (non-hydrogen) atoms. The average Bonchev–Trinajstić information content (AvgIpc) is 2.57. The minimum absolute atomic E-state index is 0.232. The van der Waals surface area contributed by atoms with E-state index < -0.39 is 0 Å². The lowest BCUT2D eigenvalue weighted by Gasteiger charge is -2.30. The van der Waals surface area contributed by atoms with Crippen molar-refractivity contribution < 1.29 is 19.0 Å². The van der Waals surface area contributed by atoms with Gasteiger partial charge in [0, 0.05) is 19.1 Å². The maximum atomic E-state index is 10.2. The minimum atomic E-state index is -0.232. The van der Waals surface area contributed by atoms with Gasteiger partial charge >= 0.3 is 0 Å². The fourth-order valence-corrected chi connectivity index (χ4v) is 2.75. The summed E-state index contributed by atoms with van der Waals surface area (Å²) in [5.74, 6) is 2.21. The summed E-state index contributed by atoms with van der Waals surface area (Å²) in [6.45, 7) is 4.69. The van der Waals surface area contributed by atoms with E-state index in [0.717, 1.165) is 24.4 Å². The maximum Gasteiger partial charge on any atom is 0.240 e. The van der Waals surface area contributed by atoms with E-state index in [1.54, 1.807) is 24.3 Å². The third kappa shape index (κ3) is 3.65. The summed E-state index contributed by atoms with van der Waals surface area (Å²) in [7, 11) is 0. The van der Waals surface area contributed by atoms with Gasteiger partial charge in [0.25, 0.3) is 0 Å². The Morgan fingerprint density at radius 1 is 1.33 bits per heavy atom. The smallest absolute Gasteiger partial charge is 0.240 e. The number of aliphatic imine (C=N–C) groups is 1. The van der Waals surface area contributed by atoms with Crippen LogP contribution in [-0.2, 0) is 14.3 Å². The van der Waals surface area contributed by atoms with Gasteiger partial charge in [0.1, 0.15) is 17.3 Å². The fourth-order valence-electron chi connectivity index (χ4n) is 2.75. The number of hydrogen-bond acceptors (Lipinski definition) is 5. The second-order valence-electron chi connectivity index (χ2n) is 5.58. The summed E-state index contributed by atoms with van der Waals surface area (Å²) in [5, 5.41) is 0. The second-order valence-corrected chi connectivity index (χ2v) is 5.58. The van der Waals surface area contributed by atoms with Gasteiger partial charge in [0.2, 0.25) is 12.4 Å². The molecule has 124 valence electrons.